The average Bonchev–Trinajstić information content (AvgIpc) is 2.79. The first-order chi connectivity index (χ1) is 15.0. The summed E-state index contributed by atoms with van der Waals surface area (Å²) in [6.45, 7) is 4.39. The summed E-state index contributed by atoms with van der Waals surface area (Å²) in [6.07, 6.45) is 5.77. The molecule has 1 aliphatic rings. The number of anilines is 1. The number of H-pyrrole nitrogens is 1. The standard InChI is InChI=1S/C22H25ClN6O2/c1-2-10-29(14-19-26-18-13-16(23)4-5-17(18)20(30)27-19)21(31)15-6-11-28(12-7-15)22-24-8-3-9-25-22/h3-5,8-9,13,15H,2,6-7,10-12,14H2,1H3,(H,26,27,30). The van der Waals surface area contributed by atoms with E-state index in [0.29, 0.717) is 34.2 Å². The second kappa shape index (κ2) is 9.43. The minimum absolute atomic E-state index is 0.0619. The molecule has 9 heteroatoms. The van der Waals surface area contributed by atoms with Gasteiger partial charge in [0.15, 0.2) is 0 Å². The number of carbonyl (C=O) groups is 1. The van der Waals surface area contributed by atoms with Gasteiger partial charge in [0.1, 0.15) is 5.82 Å². The van der Waals surface area contributed by atoms with E-state index in [-0.39, 0.29) is 23.9 Å². The van der Waals surface area contributed by atoms with Crippen LogP contribution in [0, 0.1) is 5.92 Å². The monoisotopic (exact) mass is 440 g/mol. The van der Waals surface area contributed by atoms with Gasteiger partial charge in [0.25, 0.3) is 5.56 Å². The number of halogens is 1. The van der Waals surface area contributed by atoms with Crippen LogP contribution in [0.3, 0.4) is 0 Å². The van der Waals surface area contributed by atoms with Crippen LogP contribution < -0.4 is 10.5 Å². The first-order valence-corrected chi connectivity index (χ1v) is 10.9. The Bertz CT molecular complexity index is 1110. The van der Waals surface area contributed by atoms with Crippen LogP contribution in [-0.4, -0.2) is 50.4 Å². The van der Waals surface area contributed by atoms with Crippen molar-refractivity contribution in [1.29, 1.82) is 0 Å². The number of hydrogen-bond acceptors (Lipinski definition) is 6. The molecule has 1 aliphatic heterocycles. The highest BCUT2D eigenvalue weighted by molar-refractivity contribution is 6.31. The van der Waals surface area contributed by atoms with Crippen LogP contribution in [0.4, 0.5) is 5.95 Å². The van der Waals surface area contributed by atoms with Crippen LogP contribution in [0.5, 0.6) is 0 Å². The number of piperidine rings is 1. The van der Waals surface area contributed by atoms with E-state index in [4.69, 9.17) is 11.6 Å². The molecule has 4 rings (SSSR count). The van der Waals surface area contributed by atoms with Gasteiger partial charge in [-0.05, 0) is 43.5 Å². The molecule has 0 bridgehead atoms. The summed E-state index contributed by atoms with van der Waals surface area (Å²) >= 11 is 6.06. The van der Waals surface area contributed by atoms with Gasteiger partial charge in [0, 0.05) is 43.0 Å². The Morgan fingerprint density at radius 2 is 2.00 bits per heavy atom. The second-order valence-electron chi connectivity index (χ2n) is 7.74. The van der Waals surface area contributed by atoms with E-state index in [9.17, 15) is 9.59 Å². The lowest BCUT2D eigenvalue weighted by molar-refractivity contribution is -0.137. The van der Waals surface area contributed by atoms with Crippen molar-refractivity contribution in [3.63, 3.8) is 0 Å². The van der Waals surface area contributed by atoms with E-state index in [2.05, 4.69) is 24.8 Å². The van der Waals surface area contributed by atoms with Gasteiger partial charge in [0.2, 0.25) is 11.9 Å². The maximum Gasteiger partial charge on any atom is 0.258 e. The highest BCUT2D eigenvalue weighted by atomic mass is 35.5. The lowest BCUT2D eigenvalue weighted by Gasteiger charge is -2.34. The summed E-state index contributed by atoms with van der Waals surface area (Å²) in [6, 6.07) is 6.79. The van der Waals surface area contributed by atoms with Crippen molar-refractivity contribution in [2.75, 3.05) is 24.5 Å². The number of nitrogens with one attached hydrogen (secondary N) is 1. The van der Waals surface area contributed by atoms with Gasteiger partial charge in [-0.2, -0.15) is 0 Å². The van der Waals surface area contributed by atoms with Gasteiger partial charge in [-0.1, -0.05) is 18.5 Å². The number of fused-ring (bicyclic) bond motifs is 1. The predicted molar refractivity (Wildman–Crippen MR) is 120 cm³/mol. The molecule has 3 heterocycles. The number of amides is 1. The Balaban J connectivity index is 1.47. The van der Waals surface area contributed by atoms with Crippen LogP contribution in [0.1, 0.15) is 32.0 Å². The van der Waals surface area contributed by atoms with Crippen LogP contribution in [0.2, 0.25) is 5.02 Å². The Kier molecular flexibility index (Phi) is 6.46. The number of carbonyl (C=O) groups excluding carboxylic acids is 1. The zero-order valence-corrected chi connectivity index (χ0v) is 18.2. The Morgan fingerprint density at radius 3 is 2.71 bits per heavy atom. The van der Waals surface area contributed by atoms with Crippen molar-refractivity contribution in [3.8, 4) is 0 Å². The third kappa shape index (κ3) is 4.85. The quantitative estimate of drug-likeness (QED) is 0.633. The molecule has 0 radical (unpaired) electrons. The molecule has 0 atom stereocenters. The van der Waals surface area contributed by atoms with Crippen LogP contribution in [0.25, 0.3) is 10.9 Å². The number of hydrogen-bond donors (Lipinski definition) is 1. The molecule has 31 heavy (non-hydrogen) atoms. The maximum absolute atomic E-state index is 13.3. The third-order valence-corrected chi connectivity index (χ3v) is 5.78. The third-order valence-electron chi connectivity index (χ3n) is 5.54. The molecule has 3 aromatic rings. The fraction of sp³-hybridized carbons (Fsp3) is 0.409. The summed E-state index contributed by atoms with van der Waals surface area (Å²) in [7, 11) is 0. The van der Waals surface area contributed by atoms with E-state index in [1.165, 1.54) is 0 Å². The molecule has 0 aliphatic carbocycles. The van der Waals surface area contributed by atoms with Crippen molar-refractivity contribution in [3.05, 3.63) is 57.9 Å². The van der Waals surface area contributed by atoms with Gasteiger partial charge < -0.3 is 14.8 Å². The van der Waals surface area contributed by atoms with Gasteiger partial charge in [-0.15, -0.1) is 0 Å². The molecule has 162 valence electrons. The Morgan fingerprint density at radius 1 is 1.26 bits per heavy atom. The summed E-state index contributed by atoms with van der Waals surface area (Å²) in [5.74, 6) is 1.21. The van der Waals surface area contributed by atoms with E-state index >= 15 is 0 Å². The molecule has 0 unspecified atom stereocenters. The molecule has 1 fully saturated rings. The Labute approximate surface area is 185 Å². The molecule has 0 saturated carbocycles. The lowest BCUT2D eigenvalue weighted by Crippen LogP contribution is -2.43. The molecular weight excluding hydrogens is 416 g/mol. The van der Waals surface area contributed by atoms with Crippen molar-refractivity contribution in [2.24, 2.45) is 5.92 Å². The fourth-order valence-corrected chi connectivity index (χ4v) is 4.16. The van der Waals surface area contributed by atoms with E-state index in [1.807, 2.05) is 6.92 Å². The molecule has 1 N–H and O–H groups in total. The van der Waals surface area contributed by atoms with E-state index < -0.39 is 0 Å². The van der Waals surface area contributed by atoms with E-state index in [1.54, 1.807) is 41.6 Å². The number of benzene rings is 1. The maximum atomic E-state index is 13.3. The van der Waals surface area contributed by atoms with Gasteiger partial charge in [0.05, 0.1) is 17.4 Å². The first kappa shape index (κ1) is 21.2. The number of aromatic amines is 1. The van der Waals surface area contributed by atoms with Crippen molar-refractivity contribution in [2.45, 2.75) is 32.7 Å². The largest absolute Gasteiger partial charge is 0.341 e. The topological polar surface area (TPSA) is 95.1 Å². The minimum atomic E-state index is -0.225. The second-order valence-corrected chi connectivity index (χ2v) is 8.18. The van der Waals surface area contributed by atoms with Crippen LogP contribution >= 0.6 is 11.6 Å². The van der Waals surface area contributed by atoms with Crippen molar-refractivity contribution < 1.29 is 4.79 Å². The molecular formula is C22H25ClN6O2. The fourth-order valence-electron chi connectivity index (χ4n) is 3.99. The number of aromatic nitrogens is 4. The summed E-state index contributed by atoms with van der Waals surface area (Å²) in [5, 5.41) is 1.00. The van der Waals surface area contributed by atoms with Gasteiger partial charge >= 0.3 is 0 Å². The van der Waals surface area contributed by atoms with Gasteiger partial charge in [-0.3, -0.25) is 9.59 Å². The number of rotatable bonds is 6. The Hall–Kier alpha value is -3.00. The smallest absolute Gasteiger partial charge is 0.258 e. The predicted octanol–water partition coefficient (Wildman–Crippen LogP) is 3.02. The summed E-state index contributed by atoms with van der Waals surface area (Å²) < 4.78 is 0. The summed E-state index contributed by atoms with van der Waals surface area (Å²) in [4.78, 5) is 45.6. The zero-order valence-electron chi connectivity index (χ0n) is 17.4. The molecule has 8 nitrogen and oxygen atoms in total. The highest BCUT2D eigenvalue weighted by Crippen LogP contribution is 2.23. The molecule has 2 aromatic heterocycles. The minimum Gasteiger partial charge on any atom is -0.341 e. The molecule has 1 amide bonds. The zero-order chi connectivity index (χ0) is 21.8. The van der Waals surface area contributed by atoms with Gasteiger partial charge in [-0.25, -0.2) is 15.0 Å². The molecule has 1 saturated heterocycles. The van der Waals surface area contributed by atoms with Crippen molar-refractivity contribution in [1.82, 2.24) is 24.8 Å². The molecule has 0 spiro atoms. The SMILES string of the molecule is CCCN(Cc1nc2cc(Cl)ccc2c(=O)[nH]1)C(=O)C1CCN(c2ncccn2)CC1. The first-order valence-electron chi connectivity index (χ1n) is 10.5. The summed E-state index contributed by atoms with van der Waals surface area (Å²) in [5.41, 5.74) is 0.308. The van der Waals surface area contributed by atoms with Crippen LogP contribution in [0.15, 0.2) is 41.5 Å². The normalized spacial score (nSPS) is 14.7. The molecule has 1 aromatic carbocycles. The lowest BCUT2D eigenvalue weighted by atomic mass is 9.95. The average molecular weight is 441 g/mol. The highest BCUT2D eigenvalue weighted by Gasteiger charge is 2.29. The van der Waals surface area contributed by atoms with Crippen LogP contribution in [-0.2, 0) is 11.3 Å². The van der Waals surface area contributed by atoms with Crippen molar-refractivity contribution >= 4 is 34.4 Å². The van der Waals surface area contributed by atoms with E-state index in [0.717, 1.165) is 32.4 Å². The number of nitrogens with zero attached hydrogens (tertiary/aromatic N) is 5.